The summed E-state index contributed by atoms with van der Waals surface area (Å²) in [5.74, 6) is 0.211. The molecule has 0 aliphatic rings. The second kappa shape index (κ2) is 6.70. The van der Waals surface area contributed by atoms with E-state index in [2.05, 4.69) is 22.0 Å². The Bertz CT molecular complexity index is 566. The number of nitrogens with two attached hydrogens (primary N) is 1. The summed E-state index contributed by atoms with van der Waals surface area (Å²) in [4.78, 5) is 6.74. The van der Waals surface area contributed by atoms with Crippen molar-refractivity contribution in [3.05, 3.63) is 59.9 Å². The van der Waals surface area contributed by atoms with Crippen LogP contribution in [-0.4, -0.2) is 17.4 Å². The van der Waals surface area contributed by atoms with E-state index in [0.29, 0.717) is 6.42 Å². The number of rotatable bonds is 6. The fourth-order valence-corrected chi connectivity index (χ4v) is 2.08. The van der Waals surface area contributed by atoms with Gasteiger partial charge in [0.15, 0.2) is 0 Å². The van der Waals surface area contributed by atoms with Gasteiger partial charge in [-0.15, -0.1) is 0 Å². The van der Waals surface area contributed by atoms with Gasteiger partial charge < -0.3 is 10.6 Å². The van der Waals surface area contributed by atoms with Gasteiger partial charge in [-0.3, -0.25) is 10.4 Å². The van der Waals surface area contributed by atoms with Crippen LogP contribution in [0.3, 0.4) is 0 Å². The van der Waals surface area contributed by atoms with E-state index in [1.54, 1.807) is 0 Å². The molecule has 104 valence electrons. The molecule has 0 saturated carbocycles. The van der Waals surface area contributed by atoms with Gasteiger partial charge in [0.05, 0.1) is 18.1 Å². The first-order valence-electron chi connectivity index (χ1n) is 6.70. The summed E-state index contributed by atoms with van der Waals surface area (Å²) in [6.45, 7) is 3.43. The third-order valence-corrected chi connectivity index (χ3v) is 3.07. The van der Waals surface area contributed by atoms with Crippen molar-refractivity contribution >= 4 is 11.5 Å². The highest BCUT2D eigenvalue weighted by molar-refractivity contribution is 5.77. The molecule has 20 heavy (non-hydrogen) atoms. The molecule has 0 amide bonds. The van der Waals surface area contributed by atoms with Crippen molar-refractivity contribution in [2.45, 2.75) is 19.9 Å². The second-order valence-corrected chi connectivity index (χ2v) is 4.80. The number of hydrogen-bond donors (Lipinski definition) is 2. The molecule has 0 fully saturated rings. The van der Waals surface area contributed by atoms with Gasteiger partial charge in [0.25, 0.3) is 0 Å². The van der Waals surface area contributed by atoms with E-state index >= 15 is 0 Å². The van der Waals surface area contributed by atoms with Gasteiger partial charge in [0, 0.05) is 24.3 Å². The number of nitrogens with zero attached hydrogens (tertiary/aromatic N) is 2. The average molecular weight is 268 g/mol. The number of aryl methyl sites for hydroxylation is 1. The maximum Gasteiger partial charge on any atom is 0.0923 e. The molecule has 0 aliphatic heterocycles. The summed E-state index contributed by atoms with van der Waals surface area (Å²) in [7, 11) is 0. The van der Waals surface area contributed by atoms with Crippen LogP contribution < -0.4 is 10.6 Å². The smallest absolute Gasteiger partial charge is 0.0923 e. The molecule has 1 aromatic heterocycles. The van der Waals surface area contributed by atoms with Crippen LogP contribution >= 0.6 is 0 Å². The Kier molecular flexibility index (Phi) is 4.71. The number of anilines is 1. The Morgan fingerprint density at radius 1 is 1.15 bits per heavy atom. The van der Waals surface area contributed by atoms with E-state index in [-0.39, 0.29) is 5.84 Å². The molecular formula is C16H20N4. The molecule has 0 saturated heterocycles. The summed E-state index contributed by atoms with van der Waals surface area (Å²) >= 11 is 0. The van der Waals surface area contributed by atoms with Crippen LogP contribution in [0, 0.1) is 12.3 Å². The van der Waals surface area contributed by atoms with Crippen molar-refractivity contribution in [3.63, 3.8) is 0 Å². The van der Waals surface area contributed by atoms with E-state index in [9.17, 15) is 0 Å². The lowest BCUT2D eigenvalue weighted by Crippen LogP contribution is -2.27. The SMILES string of the molecule is Cc1cccc(CN(CCC(=N)N)c2ccccc2)n1. The second-order valence-electron chi connectivity index (χ2n) is 4.80. The number of hydrogen-bond acceptors (Lipinski definition) is 3. The summed E-state index contributed by atoms with van der Waals surface area (Å²) in [5, 5.41) is 7.40. The van der Waals surface area contributed by atoms with Crippen LogP contribution in [0.15, 0.2) is 48.5 Å². The van der Waals surface area contributed by atoms with E-state index in [1.165, 1.54) is 0 Å². The zero-order valence-electron chi connectivity index (χ0n) is 11.7. The van der Waals surface area contributed by atoms with E-state index in [0.717, 1.165) is 30.2 Å². The molecule has 0 spiro atoms. The lowest BCUT2D eigenvalue weighted by molar-refractivity contribution is 0.781. The molecule has 4 nitrogen and oxygen atoms in total. The number of benzene rings is 1. The van der Waals surface area contributed by atoms with Crippen molar-refractivity contribution in [2.75, 3.05) is 11.4 Å². The Balaban J connectivity index is 2.16. The zero-order valence-corrected chi connectivity index (χ0v) is 11.7. The highest BCUT2D eigenvalue weighted by Gasteiger charge is 2.08. The zero-order chi connectivity index (χ0) is 14.4. The number of aromatic nitrogens is 1. The van der Waals surface area contributed by atoms with Crippen LogP contribution in [0.1, 0.15) is 17.8 Å². The molecule has 4 heteroatoms. The molecule has 1 heterocycles. The topological polar surface area (TPSA) is 66.0 Å². The molecule has 0 atom stereocenters. The fraction of sp³-hybridized carbons (Fsp3) is 0.250. The largest absolute Gasteiger partial charge is 0.388 e. The summed E-state index contributed by atoms with van der Waals surface area (Å²) in [6.07, 6.45) is 0.556. The molecule has 3 N–H and O–H groups in total. The number of nitrogens with one attached hydrogen (secondary N) is 1. The van der Waals surface area contributed by atoms with Gasteiger partial charge in [-0.1, -0.05) is 24.3 Å². The van der Waals surface area contributed by atoms with Gasteiger partial charge >= 0.3 is 0 Å². The molecule has 1 aromatic carbocycles. The first kappa shape index (κ1) is 14.1. The van der Waals surface area contributed by atoms with E-state index < -0.39 is 0 Å². The molecular weight excluding hydrogens is 248 g/mol. The Labute approximate surface area is 119 Å². The van der Waals surface area contributed by atoms with Crippen molar-refractivity contribution in [1.82, 2.24) is 4.98 Å². The van der Waals surface area contributed by atoms with Crippen molar-refractivity contribution in [2.24, 2.45) is 5.73 Å². The standard InChI is InChI=1S/C16H20N4/c1-13-6-5-7-14(19-13)12-20(11-10-16(17)18)15-8-3-2-4-9-15/h2-9H,10-12H2,1H3,(H3,17,18). The fourth-order valence-electron chi connectivity index (χ4n) is 2.08. The average Bonchev–Trinajstić information content (AvgIpc) is 2.44. The molecule has 0 bridgehead atoms. The first-order chi connectivity index (χ1) is 9.65. The Morgan fingerprint density at radius 2 is 1.90 bits per heavy atom. The Hall–Kier alpha value is -2.36. The highest BCUT2D eigenvalue weighted by atomic mass is 15.1. The molecule has 0 unspecified atom stereocenters. The van der Waals surface area contributed by atoms with E-state index in [1.807, 2.05) is 43.3 Å². The third-order valence-electron chi connectivity index (χ3n) is 3.07. The summed E-state index contributed by atoms with van der Waals surface area (Å²) in [5.41, 5.74) is 8.64. The molecule has 2 rings (SSSR count). The van der Waals surface area contributed by atoms with Gasteiger partial charge in [-0.25, -0.2) is 0 Å². The highest BCUT2D eigenvalue weighted by Crippen LogP contribution is 2.16. The van der Waals surface area contributed by atoms with Crippen molar-refractivity contribution < 1.29 is 0 Å². The summed E-state index contributed by atoms with van der Waals surface area (Å²) < 4.78 is 0. The molecule has 2 aromatic rings. The Morgan fingerprint density at radius 3 is 2.55 bits per heavy atom. The number of pyridine rings is 1. The third kappa shape index (κ3) is 4.09. The van der Waals surface area contributed by atoms with Crippen molar-refractivity contribution in [1.29, 1.82) is 5.41 Å². The van der Waals surface area contributed by atoms with Crippen LogP contribution in [0.4, 0.5) is 5.69 Å². The minimum Gasteiger partial charge on any atom is -0.388 e. The van der Waals surface area contributed by atoms with Crippen LogP contribution in [0.5, 0.6) is 0 Å². The normalized spacial score (nSPS) is 10.2. The van der Waals surface area contributed by atoms with Crippen LogP contribution in [-0.2, 0) is 6.54 Å². The van der Waals surface area contributed by atoms with Crippen LogP contribution in [0.2, 0.25) is 0 Å². The molecule has 0 aliphatic carbocycles. The van der Waals surface area contributed by atoms with E-state index in [4.69, 9.17) is 11.1 Å². The first-order valence-corrected chi connectivity index (χ1v) is 6.70. The maximum absolute atomic E-state index is 7.40. The number of para-hydroxylation sites is 1. The predicted octanol–water partition coefficient (Wildman–Crippen LogP) is 2.72. The lowest BCUT2D eigenvalue weighted by Gasteiger charge is -2.24. The van der Waals surface area contributed by atoms with Crippen molar-refractivity contribution in [3.8, 4) is 0 Å². The van der Waals surface area contributed by atoms with Gasteiger partial charge in [-0.2, -0.15) is 0 Å². The minimum atomic E-state index is 0.211. The van der Waals surface area contributed by atoms with Gasteiger partial charge in [0.2, 0.25) is 0 Å². The predicted molar refractivity (Wildman–Crippen MR) is 83.0 cm³/mol. The van der Waals surface area contributed by atoms with Crippen LogP contribution in [0.25, 0.3) is 0 Å². The minimum absolute atomic E-state index is 0.211. The quantitative estimate of drug-likeness (QED) is 0.625. The monoisotopic (exact) mass is 268 g/mol. The summed E-state index contributed by atoms with van der Waals surface area (Å²) in [6, 6.07) is 16.2. The van der Waals surface area contributed by atoms with Gasteiger partial charge in [-0.05, 0) is 31.2 Å². The lowest BCUT2D eigenvalue weighted by atomic mass is 10.2. The molecule has 0 radical (unpaired) electrons. The van der Waals surface area contributed by atoms with Gasteiger partial charge in [0.1, 0.15) is 0 Å². The number of amidine groups is 1. The maximum atomic E-state index is 7.40.